The molecule has 0 saturated carbocycles. The van der Waals surface area contributed by atoms with Gasteiger partial charge in [-0.3, -0.25) is 4.72 Å². The minimum absolute atomic E-state index is 0.328. The third kappa shape index (κ3) is 3.44. The van der Waals surface area contributed by atoms with Crippen molar-refractivity contribution in [2.75, 3.05) is 32.0 Å². The fourth-order valence-electron chi connectivity index (χ4n) is 1.05. The number of nitrogens with zero attached hydrogens (tertiary/aromatic N) is 1. The van der Waals surface area contributed by atoms with Crippen molar-refractivity contribution in [3.8, 4) is 0 Å². The van der Waals surface area contributed by atoms with E-state index in [-0.39, 0.29) is 0 Å². The molecule has 1 aromatic rings. The molecule has 1 N–H and O–H groups in total. The highest BCUT2D eigenvalue weighted by Crippen LogP contribution is 2.22. The van der Waals surface area contributed by atoms with Crippen LogP contribution in [-0.4, -0.2) is 40.0 Å². The van der Waals surface area contributed by atoms with Crippen LogP contribution in [-0.2, 0) is 14.9 Å². The highest BCUT2D eigenvalue weighted by molar-refractivity contribution is 7.90. The van der Waals surface area contributed by atoms with Crippen molar-refractivity contribution in [3.63, 3.8) is 0 Å². The van der Waals surface area contributed by atoms with E-state index in [1.54, 1.807) is 6.07 Å². The molecule has 0 saturated heterocycles. The van der Waals surface area contributed by atoms with Crippen LogP contribution in [0.4, 0.5) is 5.69 Å². The quantitative estimate of drug-likeness (QED) is 0.842. The number of hydrogen-bond donors (Lipinski definition) is 1. The van der Waals surface area contributed by atoms with Crippen molar-refractivity contribution in [3.05, 3.63) is 16.3 Å². The first kappa shape index (κ1) is 13.4. The van der Waals surface area contributed by atoms with Crippen LogP contribution in [0.2, 0.25) is 0 Å². The second kappa shape index (κ2) is 5.62. The lowest BCUT2D eigenvalue weighted by Gasteiger charge is -2.17. The molecule has 0 unspecified atom stereocenters. The van der Waals surface area contributed by atoms with E-state index in [0.717, 1.165) is 4.88 Å². The molecule has 0 fully saturated rings. The molecule has 92 valence electrons. The average Bonchev–Trinajstić information content (AvgIpc) is 2.60. The van der Waals surface area contributed by atoms with E-state index in [1.807, 2.05) is 12.3 Å². The summed E-state index contributed by atoms with van der Waals surface area (Å²) in [4.78, 5) is 0.948. The average molecular weight is 264 g/mol. The summed E-state index contributed by atoms with van der Waals surface area (Å²) in [6.07, 6.45) is 0. The molecule has 0 aliphatic heterocycles. The monoisotopic (exact) mass is 264 g/mol. The van der Waals surface area contributed by atoms with Crippen molar-refractivity contribution in [2.24, 2.45) is 0 Å². The van der Waals surface area contributed by atoms with Gasteiger partial charge in [-0.05, 0) is 18.4 Å². The molecule has 0 aliphatic rings. The second-order valence-electron chi connectivity index (χ2n) is 3.31. The molecule has 0 radical (unpaired) electrons. The first-order chi connectivity index (χ1) is 7.47. The van der Waals surface area contributed by atoms with Crippen LogP contribution in [0.3, 0.4) is 0 Å². The largest absolute Gasteiger partial charge is 0.383 e. The number of nitrogens with one attached hydrogen (secondary N) is 1. The minimum Gasteiger partial charge on any atom is -0.383 e. The van der Waals surface area contributed by atoms with Crippen LogP contribution in [0.15, 0.2) is 11.4 Å². The number of ether oxygens (including phenoxy) is 1. The maximum Gasteiger partial charge on any atom is 0.301 e. The highest BCUT2D eigenvalue weighted by Gasteiger charge is 2.18. The Balaban J connectivity index is 2.68. The van der Waals surface area contributed by atoms with Gasteiger partial charge in [0.25, 0.3) is 0 Å². The fraction of sp³-hybridized carbons (Fsp3) is 0.556. The predicted octanol–water partition coefficient (Wildman–Crippen LogP) is 1.29. The Morgan fingerprint density at radius 1 is 1.56 bits per heavy atom. The Morgan fingerprint density at radius 3 is 2.75 bits per heavy atom. The summed E-state index contributed by atoms with van der Waals surface area (Å²) in [6.45, 7) is 2.58. The van der Waals surface area contributed by atoms with Gasteiger partial charge in [0.05, 0.1) is 12.3 Å². The number of methoxy groups -OCH3 is 1. The highest BCUT2D eigenvalue weighted by atomic mass is 32.2. The van der Waals surface area contributed by atoms with E-state index in [0.29, 0.717) is 18.8 Å². The molecule has 0 amide bonds. The van der Waals surface area contributed by atoms with Crippen molar-refractivity contribution >= 4 is 27.2 Å². The molecule has 0 aliphatic carbocycles. The van der Waals surface area contributed by atoms with Crippen molar-refractivity contribution in [1.29, 1.82) is 0 Å². The van der Waals surface area contributed by atoms with Gasteiger partial charge in [-0.1, -0.05) is 0 Å². The summed E-state index contributed by atoms with van der Waals surface area (Å²) in [6, 6.07) is 1.75. The fourth-order valence-corrected chi connectivity index (χ4v) is 2.74. The molecule has 0 atom stereocenters. The van der Waals surface area contributed by atoms with E-state index < -0.39 is 10.2 Å². The van der Waals surface area contributed by atoms with Crippen molar-refractivity contribution < 1.29 is 13.2 Å². The molecule has 16 heavy (non-hydrogen) atoms. The minimum atomic E-state index is -3.47. The Hall–Kier alpha value is -0.630. The van der Waals surface area contributed by atoms with E-state index >= 15 is 0 Å². The van der Waals surface area contributed by atoms with E-state index in [2.05, 4.69) is 4.72 Å². The summed E-state index contributed by atoms with van der Waals surface area (Å²) in [5.41, 5.74) is 0.634. The van der Waals surface area contributed by atoms with Gasteiger partial charge in [0.15, 0.2) is 0 Å². The first-order valence-corrected chi connectivity index (χ1v) is 7.06. The Kier molecular flexibility index (Phi) is 4.72. The van der Waals surface area contributed by atoms with Gasteiger partial charge in [0.1, 0.15) is 0 Å². The molecule has 0 bridgehead atoms. The van der Waals surface area contributed by atoms with E-state index in [4.69, 9.17) is 4.74 Å². The number of hydrogen-bond acceptors (Lipinski definition) is 4. The van der Waals surface area contributed by atoms with Crippen LogP contribution in [0.25, 0.3) is 0 Å². The molecular weight excluding hydrogens is 248 g/mol. The third-order valence-electron chi connectivity index (χ3n) is 2.12. The molecule has 5 nitrogen and oxygen atoms in total. The van der Waals surface area contributed by atoms with Crippen LogP contribution in [0.1, 0.15) is 4.88 Å². The van der Waals surface area contributed by atoms with Crippen molar-refractivity contribution in [1.82, 2.24) is 4.31 Å². The SMILES string of the molecule is COCCN(C)S(=O)(=O)Nc1ccsc1C. The molecule has 1 rings (SSSR count). The number of anilines is 1. The summed E-state index contributed by atoms with van der Waals surface area (Å²) in [7, 11) is -0.412. The van der Waals surface area contributed by atoms with Gasteiger partial charge < -0.3 is 4.74 Å². The molecule has 0 aromatic carbocycles. The maximum atomic E-state index is 11.8. The summed E-state index contributed by atoms with van der Waals surface area (Å²) in [5.74, 6) is 0. The van der Waals surface area contributed by atoms with Gasteiger partial charge in [-0.25, -0.2) is 0 Å². The Labute approximate surface area is 100 Å². The van der Waals surface area contributed by atoms with Crippen LogP contribution < -0.4 is 4.72 Å². The van der Waals surface area contributed by atoms with Gasteiger partial charge in [-0.15, -0.1) is 11.3 Å². The zero-order chi connectivity index (χ0) is 12.2. The summed E-state index contributed by atoms with van der Waals surface area (Å²) in [5, 5.41) is 1.85. The third-order valence-corrected chi connectivity index (χ3v) is 4.45. The first-order valence-electron chi connectivity index (χ1n) is 4.74. The molecule has 7 heteroatoms. The summed E-state index contributed by atoms with van der Waals surface area (Å²) >= 11 is 1.50. The maximum absolute atomic E-state index is 11.8. The number of likely N-dealkylation sites (N-methyl/N-ethyl adjacent to an activating group) is 1. The Bertz CT molecular complexity index is 428. The lowest BCUT2D eigenvalue weighted by atomic mass is 10.4. The number of thiophene rings is 1. The lowest BCUT2D eigenvalue weighted by Crippen LogP contribution is -2.34. The van der Waals surface area contributed by atoms with Crippen LogP contribution in [0, 0.1) is 6.92 Å². The molecule has 1 heterocycles. The molecule has 1 aromatic heterocycles. The number of aryl methyl sites for hydroxylation is 1. The molecular formula is C9H16N2O3S2. The second-order valence-corrected chi connectivity index (χ2v) is 6.21. The van der Waals surface area contributed by atoms with Gasteiger partial charge in [0, 0.05) is 25.6 Å². The zero-order valence-electron chi connectivity index (χ0n) is 9.56. The Morgan fingerprint density at radius 2 is 2.25 bits per heavy atom. The topological polar surface area (TPSA) is 58.6 Å². The van der Waals surface area contributed by atoms with Crippen LogP contribution >= 0.6 is 11.3 Å². The normalized spacial score (nSPS) is 12.0. The van der Waals surface area contributed by atoms with Crippen LogP contribution in [0.5, 0.6) is 0 Å². The predicted molar refractivity (Wildman–Crippen MR) is 66.1 cm³/mol. The van der Waals surface area contributed by atoms with Crippen molar-refractivity contribution in [2.45, 2.75) is 6.92 Å². The van der Waals surface area contributed by atoms with Gasteiger partial charge in [0.2, 0.25) is 0 Å². The summed E-state index contributed by atoms with van der Waals surface area (Å²) < 4.78 is 32.2. The standard InChI is InChI=1S/C9H16N2O3S2/c1-8-9(4-7-15-8)10-16(12,13)11(2)5-6-14-3/h4,7,10H,5-6H2,1-3H3. The number of rotatable bonds is 6. The van der Waals surface area contributed by atoms with E-state index in [1.165, 1.54) is 29.8 Å². The molecule has 0 spiro atoms. The lowest BCUT2D eigenvalue weighted by molar-refractivity contribution is 0.185. The smallest absolute Gasteiger partial charge is 0.301 e. The van der Waals surface area contributed by atoms with E-state index in [9.17, 15) is 8.42 Å². The zero-order valence-corrected chi connectivity index (χ0v) is 11.2. The van der Waals surface area contributed by atoms with Gasteiger partial charge in [-0.2, -0.15) is 12.7 Å². The van der Waals surface area contributed by atoms with Gasteiger partial charge >= 0.3 is 10.2 Å².